The molecule has 0 bridgehead atoms. The first-order valence-electron chi connectivity index (χ1n) is 3.82. The van der Waals surface area contributed by atoms with Crippen molar-refractivity contribution in [3.63, 3.8) is 0 Å². The van der Waals surface area contributed by atoms with Crippen molar-refractivity contribution in [1.29, 1.82) is 0 Å². The zero-order chi connectivity index (χ0) is 10.6. The van der Waals surface area contributed by atoms with Gasteiger partial charge in [0.1, 0.15) is 0 Å². The molecule has 14 heavy (non-hydrogen) atoms. The molecule has 1 aromatic rings. The summed E-state index contributed by atoms with van der Waals surface area (Å²) in [5.74, 6) is -0.610. The van der Waals surface area contributed by atoms with Crippen LogP contribution in [0.3, 0.4) is 0 Å². The van der Waals surface area contributed by atoms with Crippen molar-refractivity contribution >= 4 is 21.9 Å². The molecule has 0 atom stereocenters. The minimum atomic E-state index is -1.09. The second kappa shape index (κ2) is 4.92. The molecule has 76 valence electrons. The predicted octanol–water partition coefficient (Wildman–Crippen LogP) is 1.37. The van der Waals surface area contributed by atoms with Crippen molar-refractivity contribution in [1.82, 2.24) is 10.5 Å². The van der Waals surface area contributed by atoms with Crippen molar-refractivity contribution < 1.29 is 14.4 Å². The topological polar surface area (TPSA) is 75.4 Å². The molecule has 0 aromatic carbocycles. The lowest BCUT2D eigenvalue weighted by atomic mass is 10.3. The quantitative estimate of drug-likeness (QED) is 0.837. The molecule has 5 nitrogen and oxygen atoms in total. The van der Waals surface area contributed by atoms with E-state index < -0.39 is 5.97 Å². The van der Waals surface area contributed by atoms with E-state index in [4.69, 9.17) is 9.63 Å². The second-order valence-electron chi connectivity index (χ2n) is 2.60. The molecule has 2 N–H and O–H groups in total. The summed E-state index contributed by atoms with van der Waals surface area (Å²) in [6, 6.07) is 1.38. The van der Waals surface area contributed by atoms with Gasteiger partial charge < -0.3 is 14.9 Å². The highest BCUT2D eigenvalue weighted by Gasteiger charge is 2.09. The number of nitrogens with one attached hydrogen (secondary N) is 1. The van der Waals surface area contributed by atoms with Crippen LogP contribution in [0.1, 0.15) is 16.2 Å². The Labute approximate surface area is 88.9 Å². The van der Waals surface area contributed by atoms with Gasteiger partial charge in [-0.05, 0) is 0 Å². The SMILES string of the molecule is C=C(Br)CNCc1cc(C(=O)O)no1. The molecule has 0 fully saturated rings. The maximum Gasteiger partial charge on any atom is 0.358 e. The number of carbonyl (C=O) groups is 1. The van der Waals surface area contributed by atoms with E-state index in [2.05, 4.69) is 33.0 Å². The van der Waals surface area contributed by atoms with Crippen LogP contribution in [-0.4, -0.2) is 22.8 Å². The first-order valence-corrected chi connectivity index (χ1v) is 4.62. The van der Waals surface area contributed by atoms with Crippen LogP contribution in [0.2, 0.25) is 0 Å². The van der Waals surface area contributed by atoms with Crippen LogP contribution >= 0.6 is 15.9 Å². The van der Waals surface area contributed by atoms with Crippen molar-refractivity contribution in [3.8, 4) is 0 Å². The van der Waals surface area contributed by atoms with Crippen LogP contribution in [0.25, 0.3) is 0 Å². The number of hydrogen-bond acceptors (Lipinski definition) is 4. The highest BCUT2D eigenvalue weighted by Crippen LogP contribution is 2.04. The molecule has 0 spiro atoms. The minimum Gasteiger partial charge on any atom is -0.476 e. The third kappa shape index (κ3) is 3.31. The van der Waals surface area contributed by atoms with Crippen LogP contribution in [0, 0.1) is 0 Å². The summed E-state index contributed by atoms with van der Waals surface area (Å²) in [5.41, 5.74) is -0.0838. The Hall–Kier alpha value is -1.14. The number of hydrogen-bond donors (Lipinski definition) is 2. The van der Waals surface area contributed by atoms with Crippen molar-refractivity contribution in [3.05, 3.63) is 28.6 Å². The Balaban J connectivity index is 2.44. The highest BCUT2D eigenvalue weighted by atomic mass is 79.9. The summed E-state index contributed by atoms with van der Waals surface area (Å²) in [4.78, 5) is 10.4. The Morgan fingerprint density at radius 1 is 1.79 bits per heavy atom. The van der Waals surface area contributed by atoms with Gasteiger partial charge in [0.25, 0.3) is 0 Å². The molecule has 0 aliphatic heterocycles. The lowest BCUT2D eigenvalue weighted by Gasteiger charge is -1.97. The molecular formula is C8H9BrN2O3. The Morgan fingerprint density at radius 3 is 3.00 bits per heavy atom. The molecular weight excluding hydrogens is 252 g/mol. The van der Waals surface area contributed by atoms with E-state index in [0.29, 0.717) is 18.8 Å². The van der Waals surface area contributed by atoms with Gasteiger partial charge in [0.15, 0.2) is 11.5 Å². The summed E-state index contributed by atoms with van der Waals surface area (Å²) in [7, 11) is 0. The molecule has 1 aromatic heterocycles. The number of aromatic nitrogens is 1. The molecule has 0 radical (unpaired) electrons. The number of carboxylic acids is 1. The van der Waals surface area contributed by atoms with Crippen molar-refractivity contribution in [2.24, 2.45) is 0 Å². The lowest BCUT2D eigenvalue weighted by molar-refractivity contribution is 0.0685. The largest absolute Gasteiger partial charge is 0.476 e. The van der Waals surface area contributed by atoms with Gasteiger partial charge in [-0.1, -0.05) is 27.7 Å². The van der Waals surface area contributed by atoms with Crippen molar-refractivity contribution in [2.75, 3.05) is 6.54 Å². The van der Waals surface area contributed by atoms with Gasteiger partial charge in [0.05, 0.1) is 6.54 Å². The molecule has 1 rings (SSSR count). The molecule has 6 heteroatoms. The van der Waals surface area contributed by atoms with E-state index in [1.165, 1.54) is 6.07 Å². The third-order valence-electron chi connectivity index (χ3n) is 1.39. The standard InChI is InChI=1S/C8H9BrN2O3/c1-5(9)3-10-4-6-2-7(8(12)13)11-14-6/h2,10H,1,3-4H2,(H,12,13). The van der Waals surface area contributed by atoms with Crippen LogP contribution in [0.5, 0.6) is 0 Å². The van der Waals surface area contributed by atoms with Gasteiger partial charge in [-0.3, -0.25) is 0 Å². The first kappa shape index (κ1) is 10.9. The fourth-order valence-electron chi connectivity index (χ4n) is 0.818. The molecule has 0 saturated heterocycles. The van der Waals surface area contributed by atoms with E-state index in [-0.39, 0.29) is 5.69 Å². The Kier molecular flexibility index (Phi) is 3.84. The smallest absolute Gasteiger partial charge is 0.358 e. The molecule has 0 aliphatic rings. The fourth-order valence-corrected chi connectivity index (χ4v) is 1.02. The maximum absolute atomic E-state index is 10.4. The van der Waals surface area contributed by atoms with Crippen LogP contribution in [0.4, 0.5) is 0 Å². The maximum atomic E-state index is 10.4. The molecule has 0 saturated carbocycles. The first-order chi connectivity index (χ1) is 6.59. The van der Waals surface area contributed by atoms with Crippen molar-refractivity contribution in [2.45, 2.75) is 6.54 Å². The Bertz CT molecular complexity index is 348. The lowest BCUT2D eigenvalue weighted by Crippen LogP contribution is -2.13. The van der Waals surface area contributed by atoms with E-state index in [9.17, 15) is 4.79 Å². The van der Waals surface area contributed by atoms with Gasteiger partial charge in [-0.2, -0.15) is 0 Å². The number of nitrogens with zero attached hydrogens (tertiary/aromatic N) is 1. The minimum absolute atomic E-state index is 0.0838. The summed E-state index contributed by atoms with van der Waals surface area (Å²) >= 11 is 3.18. The van der Waals surface area contributed by atoms with Gasteiger partial charge in [0, 0.05) is 17.1 Å². The van der Waals surface area contributed by atoms with E-state index in [0.717, 1.165) is 4.48 Å². The number of halogens is 1. The normalized spacial score (nSPS) is 10.1. The Morgan fingerprint density at radius 2 is 2.50 bits per heavy atom. The van der Waals surface area contributed by atoms with E-state index in [1.54, 1.807) is 0 Å². The average Bonchev–Trinajstić information content (AvgIpc) is 2.52. The summed E-state index contributed by atoms with van der Waals surface area (Å²) in [5, 5.41) is 14.9. The van der Waals surface area contributed by atoms with Gasteiger partial charge >= 0.3 is 5.97 Å². The summed E-state index contributed by atoms with van der Waals surface area (Å²) < 4.78 is 5.58. The number of aromatic carboxylic acids is 1. The molecule has 1 heterocycles. The number of carboxylic acid groups (broad SMARTS) is 1. The van der Waals surface area contributed by atoms with Crippen LogP contribution < -0.4 is 5.32 Å². The van der Waals surface area contributed by atoms with Gasteiger partial charge in [0.2, 0.25) is 0 Å². The van der Waals surface area contributed by atoms with Gasteiger partial charge in [-0.25, -0.2) is 4.79 Å². The summed E-state index contributed by atoms with van der Waals surface area (Å²) in [6.07, 6.45) is 0. The summed E-state index contributed by atoms with van der Waals surface area (Å²) in [6.45, 7) is 4.64. The predicted molar refractivity (Wildman–Crippen MR) is 53.2 cm³/mol. The zero-order valence-corrected chi connectivity index (χ0v) is 8.87. The van der Waals surface area contributed by atoms with E-state index in [1.807, 2.05) is 0 Å². The van der Waals surface area contributed by atoms with E-state index >= 15 is 0 Å². The monoisotopic (exact) mass is 260 g/mol. The third-order valence-corrected chi connectivity index (χ3v) is 1.67. The fraction of sp³-hybridized carbons (Fsp3) is 0.250. The highest BCUT2D eigenvalue weighted by molar-refractivity contribution is 9.11. The molecule has 0 unspecified atom stereocenters. The second-order valence-corrected chi connectivity index (χ2v) is 3.73. The van der Waals surface area contributed by atoms with Crippen LogP contribution in [-0.2, 0) is 6.54 Å². The number of rotatable bonds is 5. The van der Waals surface area contributed by atoms with Crippen LogP contribution in [0.15, 0.2) is 21.7 Å². The average molecular weight is 261 g/mol. The zero-order valence-electron chi connectivity index (χ0n) is 7.29. The molecule has 0 aliphatic carbocycles. The molecule has 0 amide bonds. The van der Waals surface area contributed by atoms with Gasteiger partial charge in [-0.15, -0.1) is 0 Å².